The largest absolute Gasteiger partial charge is 0.445 e. The summed E-state index contributed by atoms with van der Waals surface area (Å²) in [5.41, 5.74) is 0.00832. The van der Waals surface area contributed by atoms with Gasteiger partial charge in [-0.1, -0.05) is 6.42 Å². The average molecular weight is 461 g/mol. The summed E-state index contributed by atoms with van der Waals surface area (Å²) >= 11 is 0. The summed E-state index contributed by atoms with van der Waals surface area (Å²) in [6.07, 6.45) is -2.28. The van der Waals surface area contributed by atoms with Gasteiger partial charge in [-0.05, 0) is 39.5 Å². The van der Waals surface area contributed by atoms with Gasteiger partial charge in [-0.2, -0.15) is 5.10 Å². The molecule has 1 aromatic rings. The van der Waals surface area contributed by atoms with Crippen LogP contribution in [0.3, 0.4) is 0 Å². The van der Waals surface area contributed by atoms with Crippen LogP contribution in [0, 0.1) is 0 Å². The van der Waals surface area contributed by atoms with Crippen molar-refractivity contribution in [2.75, 3.05) is 5.32 Å². The molecule has 32 heavy (non-hydrogen) atoms. The van der Waals surface area contributed by atoms with Crippen molar-refractivity contribution in [1.82, 2.24) is 9.78 Å². The van der Waals surface area contributed by atoms with Crippen LogP contribution in [0.2, 0.25) is 0 Å². The molecule has 0 radical (unpaired) electrons. The number of hydrogen-bond donors (Lipinski definition) is 1. The average Bonchev–Trinajstić information content (AvgIpc) is 2.86. The Hall–Kier alpha value is -2.33. The molecule has 1 aromatic heterocycles. The SMILES string of the molecule is CC(C)(C)OC(=O)n1nc(C2CC(F)(F)C2)c(C2CCC2)c1NC(=O)OC1CC(F)(F)C1. The lowest BCUT2D eigenvalue weighted by atomic mass is 9.73. The molecule has 0 unspecified atom stereocenters. The number of carbonyl (C=O) groups is 2. The fourth-order valence-corrected chi connectivity index (χ4v) is 4.23. The van der Waals surface area contributed by atoms with Gasteiger partial charge in [0.15, 0.2) is 0 Å². The van der Waals surface area contributed by atoms with Gasteiger partial charge in [0.2, 0.25) is 5.92 Å². The number of nitrogens with one attached hydrogen (secondary N) is 1. The number of halogens is 4. The number of nitrogens with zero attached hydrogens (tertiary/aromatic N) is 2. The van der Waals surface area contributed by atoms with E-state index in [9.17, 15) is 27.2 Å². The monoisotopic (exact) mass is 461 g/mol. The maximum absolute atomic E-state index is 13.6. The highest BCUT2D eigenvalue weighted by atomic mass is 19.3. The highest BCUT2D eigenvalue weighted by Crippen LogP contribution is 2.52. The highest BCUT2D eigenvalue weighted by Gasteiger charge is 2.50. The summed E-state index contributed by atoms with van der Waals surface area (Å²) in [5, 5.41) is 6.76. The van der Waals surface area contributed by atoms with E-state index < -0.39 is 54.5 Å². The van der Waals surface area contributed by atoms with E-state index >= 15 is 0 Å². The Bertz CT molecular complexity index is 905. The van der Waals surface area contributed by atoms with Gasteiger partial charge in [-0.15, -0.1) is 4.68 Å². The third-order valence-electron chi connectivity index (χ3n) is 6.05. The zero-order valence-corrected chi connectivity index (χ0v) is 18.2. The van der Waals surface area contributed by atoms with Gasteiger partial charge in [0.05, 0.1) is 5.69 Å². The molecule has 3 aliphatic carbocycles. The first-order chi connectivity index (χ1) is 14.7. The summed E-state index contributed by atoms with van der Waals surface area (Å²) in [5.74, 6) is -6.25. The van der Waals surface area contributed by atoms with Crippen LogP contribution in [0.5, 0.6) is 0 Å². The molecule has 0 aromatic carbocycles. The van der Waals surface area contributed by atoms with E-state index in [-0.39, 0.29) is 24.6 Å². The maximum atomic E-state index is 13.6. The highest BCUT2D eigenvalue weighted by molar-refractivity contribution is 5.88. The van der Waals surface area contributed by atoms with Crippen molar-refractivity contribution in [3.8, 4) is 0 Å². The molecule has 11 heteroatoms. The molecule has 0 bridgehead atoms. The van der Waals surface area contributed by atoms with Crippen LogP contribution >= 0.6 is 0 Å². The second kappa shape index (κ2) is 7.62. The molecule has 3 aliphatic rings. The second-order valence-electron chi connectivity index (χ2n) is 10.0. The minimum Gasteiger partial charge on any atom is -0.445 e. The van der Waals surface area contributed by atoms with E-state index in [1.165, 1.54) is 0 Å². The maximum Gasteiger partial charge on any atom is 0.437 e. The first-order valence-electron chi connectivity index (χ1n) is 10.8. The van der Waals surface area contributed by atoms with Crippen molar-refractivity contribution in [2.24, 2.45) is 0 Å². The van der Waals surface area contributed by atoms with E-state index in [0.29, 0.717) is 11.3 Å². The van der Waals surface area contributed by atoms with Crippen molar-refractivity contribution >= 4 is 18.0 Å². The predicted octanol–water partition coefficient (Wildman–Crippen LogP) is 5.79. The minimum absolute atomic E-state index is 0.00486. The van der Waals surface area contributed by atoms with E-state index in [2.05, 4.69) is 10.4 Å². The summed E-state index contributed by atoms with van der Waals surface area (Å²) in [4.78, 5) is 25.3. The molecule has 0 aliphatic heterocycles. The zero-order valence-electron chi connectivity index (χ0n) is 18.2. The molecule has 178 valence electrons. The van der Waals surface area contributed by atoms with Crippen molar-refractivity contribution in [1.29, 1.82) is 0 Å². The summed E-state index contributed by atoms with van der Waals surface area (Å²) < 4.78 is 64.6. The van der Waals surface area contributed by atoms with Crippen molar-refractivity contribution < 1.29 is 36.6 Å². The molecule has 4 rings (SSSR count). The number of alkyl halides is 4. The van der Waals surface area contributed by atoms with E-state index in [4.69, 9.17) is 9.47 Å². The lowest BCUT2D eigenvalue weighted by molar-refractivity contribution is -0.142. The first-order valence-corrected chi connectivity index (χ1v) is 10.8. The van der Waals surface area contributed by atoms with Crippen LogP contribution in [0.1, 0.15) is 88.8 Å². The summed E-state index contributed by atoms with van der Waals surface area (Å²) in [7, 11) is 0. The number of amides is 1. The molecule has 1 heterocycles. The Balaban J connectivity index is 1.64. The lowest BCUT2D eigenvalue weighted by Crippen LogP contribution is -2.43. The van der Waals surface area contributed by atoms with Crippen molar-refractivity contribution in [3.05, 3.63) is 11.3 Å². The number of hydrogen-bond acceptors (Lipinski definition) is 5. The van der Waals surface area contributed by atoms with Crippen LogP contribution in [0.15, 0.2) is 0 Å². The Labute approximate surface area is 182 Å². The summed E-state index contributed by atoms with van der Waals surface area (Å²) in [6.45, 7) is 4.98. The Kier molecular flexibility index (Phi) is 5.44. The van der Waals surface area contributed by atoms with Crippen molar-refractivity contribution in [2.45, 2.75) is 101 Å². The fraction of sp³-hybridized carbons (Fsp3) is 0.762. The lowest BCUT2D eigenvalue weighted by Gasteiger charge is -2.36. The van der Waals surface area contributed by atoms with Crippen LogP contribution in [-0.2, 0) is 9.47 Å². The zero-order chi connectivity index (χ0) is 23.5. The third-order valence-corrected chi connectivity index (χ3v) is 6.05. The van der Waals surface area contributed by atoms with Crippen LogP contribution in [-0.4, -0.2) is 45.5 Å². The van der Waals surface area contributed by atoms with Gasteiger partial charge in [0.1, 0.15) is 17.5 Å². The second-order valence-corrected chi connectivity index (χ2v) is 10.0. The molecule has 1 amide bonds. The number of carbonyl (C=O) groups excluding carboxylic acids is 2. The van der Waals surface area contributed by atoms with Gasteiger partial charge in [-0.25, -0.2) is 27.2 Å². The number of aromatic nitrogens is 2. The van der Waals surface area contributed by atoms with Gasteiger partial charge >= 0.3 is 12.2 Å². The fourth-order valence-electron chi connectivity index (χ4n) is 4.23. The Morgan fingerprint density at radius 3 is 2.09 bits per heavy atom. The van der Waals surface area contributed by atoms with Crippen molar-refractivity contribution in [3.63, 3.8) is 0 Å². The van der Waals surface area contributed by atoms with Crippen LogP contribution in [0.4, 0.5) is 33.0 Å². The minimum atomic E-state index is -2.86. The molecule has 3 saturated carbocycles. The Morgan fingerprint density at radius 2 is 1.62 bits per heavy atom. The van der Waals surface area contributed by atoms with Crippen LogP contribution in [0.25, 0.3) is 0 Å². The summed E-state index contributed by atoms with van der Waals surface area (Å²) in [6, 6.07) is 0. The molecule has 3 fully saturated rings. The standard InChI is InChI=1S/C21H27F4N3O4/c1-19(2,3)32-18(30)28-16(26-17(29)31-13-9-21(24,25)10-13)14(11-5-4-6-11)15(27-28)12-7-20(22,23)8-12/h11-13H,4-10H2,1-3H3,(H,26,29). The van der Waals surface area contributed by atoms with E-state index in [1.54, 1.807) is 20.8 Å². The molecule has 0 saturated heterocycles. The van der Waals surface area contributed by atoms with Gasteiger partial charge in [0, 0.05) is 37.2 Å². The Morgan fingerprint density at radius 1 is 1.03 bits per heavy atom. The van der Waals surface area contributed by atoms with E-state index in [1.807, 2.05) is 0 Å². The van der Waals surface area contributed by atoms with Crippen LogP contribution < -0.4 is 5.32 Å². The van der Waals surface area contributed by atoms with Gasteiger partial charge in [-0.3, -0.25) is 5.32 Å². The van der Waals surface area contributed by atoms with Gasteiger partial charge < -0.3 is 9.47 Å². The molecule has 0 atom stereocenters. The smallest absolute Gasteiger partial charge is 0.437 e. The molecular weight excluding hydrogens is 434 g/mol. The number of rotatable bonds is 4. The normalized spacial score (nSPS) is 23.0. The first kappa shape index (κ1) is 22.8. The quantitative estimate of drug-likeness (QED) is 0.574. The third kappa shape index (κ3) is 4.71. The molecule has 7 nitrogen and oxygen atoms in total. The van der Waals surface area contributed by atoms with E-state index in [0.717, 1.165) is 23.9 Å². The molecule has 1 N–H and O–H groups in total. The molecule has 0 spiro atoms. The predicted molar refractivity (Wildman–Crippen MR) is 105 cm³/mol. The topological polar surface area (TPSA) is 82.5 Å². The number of ether oxygens (including phenoxy) is 2. The molecular formula is C21H27F4N3O4. The van der Waals surface area contributed by atoms with Gasteiger partial charge in [0.25, 0.3) is 5.92 Å². The number of anilines is 1.